The van der Waals surface area contributed by atoms with E-state index in [9.17, 15) is 0 Å². The minimum Gasteiger partial charge on any atom is -0.457 e. The van der Waals surface area contributed by atoms with Crippen molar-refractivity contribution in [2.45, 2.75) is 6.42 Å². The number of nitrogens with two attached hydrogens (primary N) is 2. The standard InChI is InChI=1S/C45H28N2O2/c46-38-22-40(36-15-9-26-5-1-3-24-7-13-34(38)44(36)42(24)26)48-30-11-17-32-28(20-30)19-29-21-31(12-18-33(29)32)49-41-23-39(47)35-14-8-25-4-2-6-27-10-16-37(41)45(35)43(25)27/h1-18,20-23H,19,46-47H2. The van der Waals surface area contributed by atoms with Crippen LogP contribution in [0.1, 0.15) is 11.1 Å². The zero-order valence-corrected chi connectivity index (χ0v) is 26.4. The minimum atomic E-state index is 0.716. The lowest BCUT2D eigenvalue weighted by atomic mass is 9.93. The summed E-state index contributed by atoms with van der Waals surface area (Å²) in [5.74, 6) is 3.12. The number of hydrogen-bond donors (Lipinski definition) is 2. The second-order valence-electron chi connectivity index (χ2n) is 13.3. The van der Waals surface area contributed by atoms with Crippen LogP contribution in [0.3, 0.4) is 0 Å². The van der Waals surface area contributed by atoms with Gasteiger partial charge in [0.2, 0.25) is 0 Å². The average molecular weight is 629 g/mol. The summed E-state index contributed by atoms with van der Waals surface area (Å²) in [6, 6.07) is 46.7. The van der Waals surface area contributed by atoms with Crippen LogP contribution in [-0.4, -0.2) is 0 Å². The number of rotatable bonds is 4. The molecule has 0 radical (unpaired) electrons. The Bertz CT molecular complexity index is 2760. The number of nitrogen functional groups attached to an aromatic ring is 2. The van der Waals surface area contributed by atoms with Gasteiger partial charge in [-0.3, -0.25) is 0 Å². The van der Waals surface area contributed by atoms with Crippen molar-refractivity contribution in [3.8, 4) is 34.1 Å². The van der Waals surface area contributed by atoms with Crippen LogP contribution in [0.15, 0.2) is 133 Å². The van der Waals surface area contributed by atoms with Crippen molar-refractivity contribution in [3.63, 3.8) is 0 Å². The molecule has 10 aromatic rings. The summed E-state index contributed by atoms with van der Waals surface area (Å²) in [6.07, 6.45) is 0.792. The lowest BCUT2D eigenvalue weighted by molar-refractivity contribution is 0.488. The molecule has 230 valence electrons. The predicted octanol–water partition coefficient (Wildman–Crippen LogP) is 11.8. The van der Waals surface area contributed by atoms with Crippen molar-refractivity contribution in [2.75, 3.05) is 11.5 Å². The molecule has 0 fully saturated rings. The molecule has 0 heterocycles. The third-order valence-corrected chi connectivity index (χ3v) is 10.6. The average Bonchev–Trinajstić information content (AvgIpc) is 3.48. The Hall–Kier alpha value is -6.52. The summed E-state index contributed by atoms with van der Waals surface area (Å²) in [7, 11) is 0. The Balaban J connectivity index is 0.936. The Morgan fingerprint density at radius 1 is 0.388 bits per heavy atom. The van der Waals surface area contributed by atoms with E-state index >= 15 is 0 Å². The van der Waals surface area contributed by atoms with E-state index in [0.29, 0.717) is 11.4 Å². The Labute approximate surface area is 281 Å². The zero-order chi connectivity index (χ0) is 32.4. The fourth-order valence-electron chi connectivity index (χ4n) is 8.36. The molecule has 1 aliphatic carbocycles. The van der Waals surface area contributed by atoms with Gasteiger partial charge < -0.3 is 20.9 Å². The van der Waals surface area contributed by atoms with Gasteiger partial charge in [0.25, 0.3) is 0 Å². The molecule has 4 nitrogen and oxygen atoms in total. The number of ether oxygens (including phenoxy) is 2. The molecule has 0 aromatic heterocycles. The second-order valence-corrected chi connectivity index (χ2v) is 13.3. The molecular formula is C45H28N2O2. The molecule has 0 saturated carbocycles. The van der Waals surface area contributed by atoms with Gasteiger partial charge in [-0.1, -0.05) is 84.9 Å². The SMILES string of the molecule is Nc1cc(Oc2ccc3c(c2)Cc2cc(Oc4cc(N)c5ccc6cccc7ccc4c5c67)ccc2-3)c2ccc3cccc4ccc1c2c43. The highest BCUT2D eigenvalue weighted by Gasteiger charge is 2.22. The molecule has 0 aliphatic heterocycles. The highest BCUT2D eigenvalue weighted by Crippen LogP contribution is 2.46. The quantitative estimate of drug-likeness (QED) is 0.150. The summed E-state index contributed by atoms with van der Waals surface area (Å²) >= 11 is 0. The largest absolute Gasteiger partial charge is 0.457 e. The van der Waals surface area contributed by atoms with Crippen molar-refractivity contribution in [1.82, 2.24) is 0 Å². The number of benzene rings is 10. The van der Waals surface area contributed by atoms with Crippen LogP contribution in [0, 0.1) is 0 Å². The molecule has 4 heteroatoms. The Morgan fingerprint density at radius 2 is 0.796 bits per heavy atom. The van der Waals surface area contributed by atoms with E-state index in [-0.39, 0.29) is 0 Å². The molecule has 0 bridgehead atoms. The van der Waals surface area contributed by atoms with Gasteiger partial charge in [0.1, 0.15) is 23.0 Å². The van der Waals surface area contributed by atoms with Crippen LogP contribution in [0.25, 0.3) is 75.8 Å². The lowest BCUT2D eigenvalue weighted by Crippen LogP contribution is -1.94. The van der Waals surface area contributed by atoms with Crippen LogP contribution < -0.4 is 20.9 Å². The van der Waals surface area contributed by atoms with Gasteiger partial charge in [0.15, 0.2) is 0 Å². The van der Waals surface area contributed by atoms with Crippen molar-refractivity contribution < 1.29 is 9.47 Å². The molecule has 4 N–H and O–H groups in total. The van der Waals surface area contributed by atoms with Gasteiger partial charge in [0.05, 0.1) is 0 Å². The summed E-state index contributed by atoms with van der Waals surface area (Å²) in [6.45, 7) is 0. The Kier molecular flexibility index (Phi) is 5.16. The first-order valence-corrected chi connectivity index (χ1v) is 16.6. The Morgan fingerprint density at radius 3 is 1.22 bits per heavy atom. The normalized spacial score (nSPS) is 12.6. The highest BCUT2D eigenvalue weighted by atomic mass is 16.5. The first kappa shape index (κ1) is 26.5. The van der Waals surface area contributed by atoms with Crippen LogP contribution in [0.2, 0.25) is 0 Å². The van der Waals surface area contributed by atoms with Gasteiger partial charge >= 0.3 is 0 Å². The van der Waals surface area contributed by atoms with Gasteiger partial charge in [-0.05, 0) is 97.4 Å². The summed E-state index contributed by atoms with van der Waals surface area (Å²) in [4.78, 5) is 0. The second kappa shape index (κ2) is 9.52. The summed E-state index contributed by atoms with van der Waals surface area (Å²) in [5.41, 5.74) is 19.5. The van der Waals surface area contributed by atoms with Crippen LogP contribution in [0.5, 0.6) is 23.0 Å². The smallest absolute Gasteiger partial charge is 0.137 e. The van der Waals surface area contributed by atoms with E-state index in [4.69, 9.17) is 20.9 Å². The molecular weight excluding hydrogens is 601 g/mol. The van der Waals surface area contributed by atoms with Gasteiger partial charge in [-0.15, -0.1) is 0 Å². The zero-order valence-electron chi connectivity index (χ0n) is 26.4. The van der Waals surface area contributed by atoms with Crippen LogP contribution >= 0.6 is 0 Å². The predicted molar refractivity (Wildman–Crippen MR) is 204 cm³/mol. The molecule has 0 unspecified atom stereocenters. The first-order chi connectivity index (χ1) is 24.1. The van der Waals surface area contributed by atoms with Crippen molar-refractivity contribution in [3.05, 3.63) is 145 Å². The topological polar surface area (TPSA) is 70.5 Å². The molecule has 11 rings (SSSR count). The van der Waals surface area contributed by atoms with Gasteiger partial charge in [-0.2, -0.15) is 0 Å². The molecule has 10 aromatic carbocycles. The molecule has 0 amide bonds. The van der Waals surface area contributed by atoms with E-state index in [1.165, 1.54) is 54.6 Å². The van der Waals surface area contributed by atoms with Gasteiger partial charge in [-0.25, -0.2) is 0 Å². The van der Waals surface area contributed by atoms with Crippen LogP contribution in [-0.2, 0) is 6.42 Å². The van der Waals surface area contributed by atoms with E-state index in [1.54, 1.807) is 0 Å². The lowest BCUT2D eigenvalue weighted by Gasteiger charge is -2.16. The maximum atomic E-state index is 6.63. The van der Waals surface area contributed by atoms with E-state index in [0.717, 1.165) is 61.7 Å². The minimum absolute atomic E-state index is 0.716. The number of hydrogen-bond acceptors (Lipinski definition) is 4. The van der Waals surface area contributed by atoms with Crippen molar-refractivity contribution in [2.24, 2.45) is 0 Å². The summed E-state index contributed by atoms with van der Waals surface area (Å²) < 4.78 is 13.3. The molecule has 0 atom stereocenters. The van der Waals surface area contributed by atoms with Crippen molar-refractivity contribution >= 4 is 76.0 Å². The van der Waals surface area contributed by atoms with E-state index < -0.39 is 0 Å². The van der Waals surface area contributed by atoms with Gasteiger partial charge in [0, 0.05) is 55.8 Å². The van der Waals surface area contributed by atoms with E-state index in [1.807, 2.05) is 12.1 Å². The number of anilines is 2. The summed E-state index contributed by atoms with van der Waals surface area (Å²) in [5, 5.41) is 13.8. The number of fused-ring (bicyclic) bond motifs is 3. The fraction of sp³-hybridized carbons (Fsp3) is 0.0222. The third kappa shape index (κ3) is 3.74. The third-order valence-electron chi connectivity index (χ3n) is 10.6. The maximum absolute atomic E-state index is 6.63. The maximum Gasteiger partial charge on any atom is 0.137 e. The molecule has 0 spiro atoms. The molecule has 0 saturated heterocycles. The monoisotopic (exact) mass is 628 g/mol. The fourth-order valence-corrected chi connectivity index (χ4v) is 8.36. The van der Waals surface area contributed by atoms with Crippen molar-refractivity contribution in [1.29, 1.82) is 0 Å². The highest BCUT2D eigenvalue weighted by molar-refractivity contribution is 6.27. The molecule has 49 heavy (non-hydrogen) atoms. The molecule has 1 aliphatic rings. The van der Waals surface area contributed by atoms with E-state index in [2.05, 4.69) is 121 Å². The first-order valence-electron chi connectivity index (χ1n) is 16.6. The van der Waals surface area contributed by atoms with Crippen LogP contribution in [0.4, 0.5) is 11.4 Å².